The van der Waals surface area contributed by atoms with Crippen molar-refractivity contribution in [3.8, 4) is 0 Å². The second-order valence-electron chi connectivity index (χ2n) is 17.4. The first-order valence-electron chi connectivity index (χ1n) is 17.8. The van der Waals surface area contributed by atoms with Gasteiger partial charge in [-0.1, -0.05) is 58.9 Å². The molecule has 0 aromatic heterocycles. The van der Waals surface area contributed by atoms with Crippen molar-refractivity contribution in [2.75, 3.05) is 6.61 Å². The number of ether oxygens (including phenoxy) is 2. The molecule has 5 aliphatic rings. The number of carbonyl (C=O) groups is 3. The van der Waals surface area contributed by atoms with Crippen molar-refractivity contribution in [3.05, 3.63) is 47.5 Å². The Balaban J connectivity index is 1.27. The van der Waals surface area contributed by atoms with Gasteiger partial charge in [-0.15, -0.1) is 0 Å². The van der Waals surface area contributed by atoms with Crippen molar-refractivity contribution in [1.29, 1.82) is 0 Å². The Morgan fingerprint density at radius 2 is 1.52 bits per heavy atom. The molecule has 1 N–H and O–H groups in total. The second kappa shape index (κ2) is 11.2. The summed E-state index contributed by atoms with van der Waals surface area (Å²) in [5.74, 6) is 0.747. The van der Waals surface area contributed by atoms with Crippen molar-refractivity contribution in [2.45, 2.75) is 119 Å². The summed E-state index contributed by atoms with van der Waals surface area (Å²) in [7, 11) is 0. The number of rotatable bonds is 6. The zero-order valence-corrected chi connectivity index (χ0v) is 29.2. The highest BCUT2D eigenvalue weighted by atomic mass is 16.5. The molecule has 0 radical (unpaired) electrons. The number of aromatic carboxylic acids is 1. The van der Waals surface area contributed by atoms with Crippen LogP contribution >= 0.6 is 0 Å². The van der Waals surface area contributed by atoms with E-state index < -0.39 is 11.9 Å². The minimum Gasteiger partial charge on any atom is -0.478 e. The van der Waals surface area contributed by atoms with Crippen LogP contribution in [0.1, 0.15) is 133 Å². The molecule has 0 bridgehead atoms. The number of carboxylic acid groups (broad SMARTS) is 1. The molecule has 1 aromatic carbocycles. The first kappa shape index (κ1) is 33.3. The summed E-state index contributed by atoms with van der Waals surface area (Å²) < 4.78 is 12.0. The quantitative estimate of drug-likeness (QED) is 0.249. The highest BCUT2D eigenvalue weighted by Crippen LogP contribution is 2.77. The Hall–Kier alpha value is -2.63. The number of carboxylic acids is 1. The summed E-state index contributed by atoms with van der Waals surface area (Å²) in [5.41, 5.74) is 1.75. The predicted molar refractivity (Wildman–Crippen MR) is 178 cm³/mol. The SMILES string of the molecule is C=C(C)[C@@H]1CCC2(COC(C)=O)CC[C@]3(C)C(CCC4[C@@]5(C)CCC(OC(=O)c6ccccc6C(=O)O)C(C)(C)C5CC[C@]43C)C12. The average molecular weight is 633 g/mol. The van der Waals surface area contributed by atoms with E-state index in [0.717, 1.165) is 44.9 Å². The first-order valence-corrected chi connectivity index (χ1v) is 17.8. The highest BCUT2D eigenvalue weighted by molar-refractivity contribution is 6.02. The first-order chi connectivity index (χ1) is 21.5. The third kappa shape index (κ3) is 4.73. The second-order valence-corrected chi connectivity index (χ2v) is 17.4. The van der Waals surface area contributed by atoms with Crippen LogP contribution in [-0.2, 0) is 14.3 Å². The molecule has 252 valence electrons. The fraction of sp³-hybridized carbons (Fsp3) is 0.725. The molecule has 6 rings (SSSR count). The van der Waals surface area contributed by atoms with Gasteiger partial charge in [-0.3, -0.25) is 4.79 Å². The number of hydrogen-bond acceptors (Lipinski definition) is 5. The van der Waals surface area contributed by atoms with Crippen molar-refractivity contribution >= 4 is 17.9 Å². The number of benzene rings is 1. The van der Waals surface area contributed by atoms with E-state index in [1.807, 2.05) is 0 Å². The van der Waals surface area contributed by atoms with Crippen molar-refractivity contribution in [2.24, 2.45) is 56.7 Å². The Kier molecular flexibility index (Phi) is 8.12. The van der Waals surface area contributed by atoms with Gasteiger partial charge >= 0.3 is 17.9 Å². The molecule has 6 nitrogen and oxygen atoms in total. The topological polar surface area (TPSA) is 89.9 Å². The Bertz CT molecular complexity index is 1430. The fourth-order valence-corrected chi connectivity index (χ4v) is 13.0. The molecule has 0 spiro atoms. The van der Waals surface area contributed by atoms with E-state index in [2.05, 4.69) is 48.1 Å². The summed E-state index contributed by atoms with van der Waals surface area (Å²) in [6.45, 7) is 21.1. The number of fused-ring (bicyclic) bond motifs is 7. The predicted octanol–water partition coefficient (Wildman–Crippen LogP) is 9.13. The fourth-order valence-electron chi connectivity index (χ4n) is 13.0. The third-order valence-electron chi connectivity index (χ3n) is 15.4. The van der Waals surface area contributed by atoms with Gasteiger partial charge in [0.05, 0.1) is 17.7 Å². The normalized spacial score (nSPS) is 42.4. The van der Waals surface area contributed by atoms with Crippen LogP contribution in [-0.4, -0.2) is 35.7 Å². The van der Waals surface area contributed by atoms with Gasteiger partial charge in [0, 0.05) is 17.8 Å². The van der Waals surface area contributed by atoms with E-state index in [1.165, 1.54) is 30.9 Å². The summed E-state index contributed by atoms with van der Waals surface area (Å²) in [4.78, 5) is 37.2. The number of carbonyl (C=O) groups excluding carboxylic acids is 2. The molecule has 6 unspecified atom stereocenters. The van der Waals surface area contributed by atoms with Gasteiger partial charge in [-0.05, 0) is 129 Å². The van der Waals surface area contributed by atoms with Gasteiger partial charge in [0.25, 0.3) is 0 Å². The van der Waals surface area contributed by atoms with Crippen LogP contribution in [0.4, 0.5) is 0 Å². The molecule has 6 heteroatoms. The smallest absolute Gasteiger partial charge is 0.339 e. The molecular weight excluding hydrogens is 576 g/mol. The van der Waals surface area contributed by atoms with Crippen LogP contribution in [0.3, 0.4) is 0 Å². The molecule has 0 aliphatic heterocycles. The van der Waals surface area contributed by atoms with Crippen molar-refractivity contribution in [3.63, 3.8) is 0 Å². The van der Waals surface area contributed by atoms with Crippen LogP contribution in [0.15, 0.2) is 36.4 Å². The number of hydrogen-bond donors (Lipinski definition) is 1. The molecule has 0 saturated heterocycles. The van der Waals surface area contributed by atoms with Crippen LogP contribution in [0.5, 0.6) is 0 Å². The maximum atomic E-state index is 13.4. The Morgan fingerprint density at radius 3 is 2.17 bits per heavy atom. The number of esters is 2. The minimum absolute atomic E-state index is 0.00935. The molecular formula is C40H56O6. The Labute approximate surface area is 276 Å². The molecule has 0 heterocycles. The van der Waals surface area contributed by atoms with Gasteiger partial charge < -0.3 is 14.6 Å². The van der Waals surface area contributed by atoms with Gasteiger partial charge in [-0.25, -0.2) is 9.59 Å². The zero-order valence-electron chi connectivity index (χ0n) is 29.2. The van der Waals surface area contributed by atoms with E-state index in [9.17, 15) is 19.5 Å². The average Bonchev–Trinajstić information content (AvgIpc) is 3.38. The molecule has 5 saturated carbocycles. The monoisotopic (exact) mass is 632 g/mol. The molecule has 5 fully saturated rings. The van der Waals surface area contributed by atoms with Gasteiger partial charge in [0.2, 0.25) is 0 Å². The minimum atomic E-state index is -1.11. The van der Waals surface area contributed by atoms with Crippen molar-refractivity contribution in [1.82, 2.24) is 0 Å². The molecule has 0 amide bonds. The largest absolute Gasteiger partial charge is 0.478 e. The molecule has 1 aromatic rings. The summed E-state index contributed by atoms with van der Waals surface area (Å²) in [6.07, 6.45) is 10.8. The van der Waals surface area contributed by atoms with Gasteiger partial charge in [0.1, 0.15) is 6.10 Å². The van der Waals surface area contributed by atoms with E-state index in [0.29, 0.717) is 36.2 Å². The molecule has 5 aliphatic carbocycles. The van der Waals surface area contributed by atoms with Gasteiger partial charge in [-0.2, -0.15) is 0 Å². The van der Waals surface area contributed by atoms with E-state index in [4.69, 9.17) is 9.47 Å². The lowest BCUT2D eigenvalue weighted by molar-refractivity contribution is -0.249. The number of allylic oxidation sites excluding steroid dienone is 1. The van der Waals surface area contributed by atoms with Crippen molar-refractivity contribution < 1.29 is 29.0 Å². The van der Waals surface area contributed by atoms with E-state index in [1.54, 1.807) is 25.1 Å². The standard InChI is InChI=1S/C40H56O6/c1-24(2)26-15-20-40(23-45-25(3)41)22-21-38(7)29(33(26)40)13-14-31-37(6)18-17-32(36(4,5)30(37)16-19-39(31,38)8)46-35(44)28-12-10-9-11-27(28)34(42)43/h9-12,26,29-33H,1,13-23H2,2-8H3,(H,42,43)/t26-,29?,30?,31?,32?,33?,37-,38+,39+,40?/m0/s1. The van der Waals surface area contributed by atoms with Crippen LogP contribution in [0, 0.1) is 56.7 Å². The summed E-state index contributed by atoms with van der Waals surface area (Å²) in [6, 6.07) is 6.37. The third-order valence-corrected chi connectivity index (χ3v) is 15.4. The van der Waals surface area contributed by atoms with Crippen LogP contribution in [0.2, 0.25) is 0 Å². The molecule has 10 atom stereocenters. The lowest BCUT2D eigenvalue weighted by atomic mass is 9.32. The van der Waals surface area contributed by atoms with Crippen LogP contribution < -0.4 is 0 Å². The maximum absolute atomic E-state index is 13.4. The van der Waals surface area contributed by atoms with E-state index in [-0.39, 0.29) is 50.3 Å². The maximum Gasteiger partial charge on any atom is 0.339 e. The zero-order chi connectivity index (χ0) is 33.4. The Morgan fingerprint density at radius 1 is 0.826 bits per heavy atom. The highest BCUT2D eigenvalue weighted by Gasteiger charge is 2.71. The lowest BCUT2D eigenvalue weighted by Gasteiger charge is -2.73. The van der Waals surface area contributed by atoms with Gasteiger partial charge in [0.15, 0.2) is 0 Å². The summed E-state index contributed by atoms with van der Waals surface area (Å²) >= 11 is 0. The lowest BCUT2D eigenvalue weighted by Crippen LogP contribution is -2.67. The summed E-state index contributed by atoms with van der Waals surface area (Å²) in [5, 5.41) is 9.67. The molecule has 46 heavy (non-hydrogen) atoms. The van der Waals surface area contributed by atoms with Crippen LogP contribution in [0.25, 0.3) is 0 Å². The van der Waals surface area contributed by atoms with E-state index >= 15 is 0 Å².